The fourth-order valence-corrected chi connectivity index (χ4v) is 1.31. The van der Waals surface area contributed by atoms with Crippen LogP contribution in [0.5, 0.6) is 5.75 Å². The van der Waals surface area contributed by atoms with Crippen molar-refractivity contribution in [2.45, 2.75) is 13.8 Å². The Kier molecular flexibility index (Phi) is 3.46. The predicted molar refractivity (Wildman–Crippen MR) is 56.1 cm³/mol. The quantitative estimate of drug-likeness (QED) is 0.451. The molecule has 0 radical (unpaired) electrons. The number of pyridine rings is 1. The van der Waals surface area contributed by atoms with Gasteiger partial charge < -0.3 is 14.8 Å². The van der Waals surface area contributed by atoms with Crippen molar-refractivity contribution in [3.05, 3.63) is 31.7 Å². The summed E-state index contributed by atoms with van der Waals surface area (Å²) in [6.07, 6.45) is 0. The van der Waals surface area contributed by atoms with Gasteiger partial charge in [-0.05, 0) is 13.8 Å². The minimum atomic E-state index is -1.10. The van der Waals surface area contributed by atoms with E-state index < -0.39 is 33.5 Å². The van der Waals surface area contributed by atoms with Crippen LogP contribution in [0.25, 0.3) is 0 Å². The van der Waals surface area contributed by atoms with Gasteiger partial charge in [0.2, 0.25) is 5.75 Å². The van der Waals surface area contributed by atoms with Crippen molar-refractivity contribution in [1.29, 1.82) is 0 Å². The monoisotopic (exact) mass is 242 g/mol. The van der Waals surface area contributed by atoms with Crippen molar-refractivity contribution in [1.82, 2.24) is 4.98 Å². The average Bonchev–Trinajstić information content (AvgIpc) is 2.15. The molecule has 17 heavy (non-hydrogen) atoms. The summed E-state index contributed by atoms with van der Waals surface area (Å²) in [6, 6.07) is 0. The van der Waals surface area contributed by atoms with Crippen molar-refractivity contribution >= 4 is 11.7 Å². The van der Waals surface area contributed by atoms with Crippen molar-refractivity contribution in [2.24, 2.45) is 0 Å². The highest BCUT2D eigenvalue weighted by Gasteiger charge is 2.28. The summed E-state index contributed by atoms with van der Waals surface area (Å²) in [5, 5.41) is 20.2. The third kappa shape index (κ3) is 2.25. The van der Waals surface area contributed by atoms with Crippen LogP contribution in [0.4, 0.5) is 5.69 Å². The first kappa shape index (κ1) is 12.7. The predicted octanol–water partition coefficient (Wildman–Crippen LogP) is 0.474. The van der Waals surface area contributed by atoms with Crippen LogP contribution in [0.1, 0.15) is 23.0 Å². The van der Waals surface area contributed by atoms with Crippen LogP contribution < -0.4 is 5.56 Å². The lowest BCUT2D eigenvalue weighted by atomic mass is 10.2. The van der Waals surface area contributed by atoms with E-state index >= 15 is 0 Å². The number of rotatable bonds is 3. The molecule has 0 amide bonds. The van der Waals surface area contributed by atoms with Crippen LogP contribution in [0.2, 0.25) is 0 Å². The molecular formula is C9H10N2O6. The van der Waals surface area contributed by atoms with Crippen LogP contribution in [-0.2, 0) is 4.74 Å². The van der Waals surface area contributed by atoms with Crippen LogP contribution in [0.15, 0.2) is 4.79 Å². The molecule has 0 saturated heterocycles. The molecule has 0 atom stereocenters. The molecule has 0 aliphatic rings. The third-order valence-corrected chi connectivity index (χ3v) is 2.01. The number of esters is 1. The van der Waals surface area contributed by atoms with E-state index in [1.807, 2.05) is 0 Å². The van der Waals surface area contributed by atoms with Crippen molar-refractivity contribution in [3.63, 3.8) is 0 Å². The van der Waals surface area contributed by atoms with Crippen LogP contribution in [0.3, 0.4) is 0 Å². The number of nitrogens with zero attached hydrogens (tertiary/aromatic N) is 1. The second kappa shape index (κ2) is 4.64. The maximum atomic E-state index is 11.4. The first-order valence-electron chi connectivity index (χ1n) is 4.67. The van der Waals surface area contributed by atoms with Gasteiger partial charge in [0.1, 0.15) is 0 Å². The Balaban J connectivity index is 3.52. The second-order valence-electron chi connectivity index (χ2n) is 3.13. The number of nitro groups is 1. The largest absolute Gasteiger partial charge is 0.501 e. The molecule has 2 N–H and O–H groups in total. The summed E-state index contributed by atoms with van der Waals surface area (Å²) in [7, 11) is 0. The van der Waals surface area contributed by atoms with Gasteiger partial charge in [0.05, 0.1) is 17.2 Å². The molecule has 0 aromatic carbocycles. The number of aromatic nitrogens is 1. The molecule has 1 aromatic rings. The lowest BCUT2D eigenvalue weighted by Crippen LogP contribution is -2.21. The molecule has 0 aliphatic heterocycles. The molecule has 0 spiro atoms. The summed E-state index contributed by atoms with van der Waals surface area (Å²) < 4.78 is 4.52. The molecule has 8 nitrogen and oxygen atoms in total. The normalized spacial score (nSPS) is 10.0. The number of carbonyl (C=O) groups is 1. The number of aromatic hydroxyl groups is 1. The number of aromatic amines is 1. The number of hydrogen-bond acceptors (Lipinski definition) is 6. The summed E-state index contributed by atoms with van der Waals surface area (Å²) in [6.45, 7) is 2.74. The Labute approximate surface area is 95.0 Å². The number of nitrogens with one attached hydrogen (secondary N) is 1. The Morgan fingerprint density at radius 2 is 2.18 bits per heavy atom. The Hall–Kier alpha value is -2.38. The van der Waals surface area contributed by atoms with E-state index in [-0.39, 0.29) is 12.3 Å². The minimum Gasteiger partial charge on any atom is -0.501 e. The zero-order valence-corrected chi connectivity index (χ0v) is 9.14. The van der Waals surface area contributed by atoms with E-state index in [9.17, 15) is 24.8 Å². The lowest BCUT2D eigenvalue weighted by Gasteiger charge is -2.05. The van der Waals surface area contributed by atoms with E-state index in [1.54, 1.807) is 0 Å². The molecule has 0 aliphatic carbocycles. The molecule has 0 fully saturated rings. The first-order chi connectivity index (χ1) is 7.90. The molecule has 0 saturated carbocycles. The standard InChI is InChI=1S/C9H10N2O6/c1-3-17-9(14)5-7(12)6(11(15)16)4(2)10-8(5)13/h3H2,1-2H3,(H2,10,12,13). The molecule has 92 valence electrons. The zero-order chi connectivity index (χ0) is 13.2. The Morgan fingerprint density at radius 3 is 2.65 bits per heavy atom. The number of aryl methyl sites for hydroxylation is 1. The molecule has 1 heterocycles. The zero-order valence-electron chi connectivity index (χ0n) is 9.14. The number of carbonyl (C=O) groups excluding carboxylic acids is 1. The number of hydrogen-bond donors (Lipinski definition) is 2. The Morgan fingerprint density at radius 1 is 1.59 bits per heavy atom. The number of H-pyrrole nitrogens is 1. The van der Waals surface area contributed by atoms with Gasteiger partial charge in [-0.2, -0.15) is 0 Å². The van der Waals surface area contributed by atoms with Gasteiger partial charge in [0.25, 0.3) is 5.56 Å². The average molecular weight is 242 g/mol. The summed E-state index contributed by atoms with van der Waals surface area (Å²) >= 11 is 0. The second-order valence-corrected chi connectivity index (χ2v) is 3.13. The summed E-state index contributed by atoms with van der Waals surface area (Å²) in [5.74, 6) is -2.08. The highest BCUT2D eigenvalue weighted by Crippen LogP contribution is 2.29. The van der Waals surface area contributed by atoms with E-state index in [2.05, 4.69) is 9.72 Å². The van der Waals surface area contributed by atoms with Crippen LogP contribution in [-0.4, -0.2) is 27.6 Å². The number of ether oxygens (including phenoxy) is 1. The van der Waals surface area contributed by atoms with E-state index in [4.69, 9.17) is 0 Å². The molecule has 1 rings (SSSR count). The maximum Gasteiger partial charge on any atom is 0.347 e. The summed E-state index contributed by atoms with van der Waals surface area (Å²) in [5.41, 5.74) is -2.54. The van der Waals surface area contributed by atoms with Crippen molar-refractivity contribution in [3.8, 4) is 5.75 Å². The minimum absolute atomic E-state index is 0.0145. The molecule has 0 unspecified atom stereocenters. The highest BCUT2D eigenvalue weighted by atomic mass is 16.6. The van der Waals surface area contributed by atoms with Crippen LogP contribution in [0, 0.1) is 17.0 Å². The van der Waals surface area contributed by atoms with Gasteiger partial charge in [-0.25, -0.2) is 4.79 Å². The van der Waals surface area contributed by atoms with Gasteiger partial charge in [0, 0.05) is 0 Å². The summed E-state index contributed by atoms with van der Waals surface area (Å²) in [4.78, 5) is 34.6. The Bertz CT molecular complexity index is 533. The van der Waals surface area contributed by atoms with E-state index in [1.165, 1.54) is 13.8 Å². The fourth-order valence-electron chi connectivity index (χ4n) is 1.31. The van der Waals surface area contributed by atoms with Crippen molar-refractivity contribution in [2.75, 3.05) is 6.61 Å². The fraction of sp³-hybridized carbons (Fsp3) is 0.333. The maximum absolute atomic E-state index is 11.4. The third-order valence-electron chi connectivity index (χ3n) is 2.01. The molecule has 8 heteroatoms. The SMILES string of the molecule is CCOC(=O)c1c(O)c([N+](=O)[O-])c(C)[nH]c1=O. The molecule has 0 bridgehead atoms. The van der Waals surface area contributed by atoms with E-state index in [0.29, 0.717) is 0 Å². The van der Waals surface area contributed by atoms with Gasteiger partial charge in [-0.3, -0.25) is 14.9 Å². The van der Waals surface area contributed by atoms with Crippen molar-refractivity contribution < 1.29 is 19.6 Å². The molecule has 1 aromatic heterocycles. The van der Waals surface area contributed by atoms with Gasteiger partial charge in [-0.15, -0.1) is 0 Å². The smallest absolute Gasteiger partial charge is 0.347 e. The van der Waals surface area contributed by atoms with E-state index in [0.717, 1.165) is 0 Å². The first-order valence-corrected chi connectivity index (χ1v) is 4.67. The topological polar surface area (TPSA) is 123 Å². The van der Waals surface area contributed by atoms with Crippen LogP contribution >= 0.6 is 0 Å². The van der Waals surface area contributed by atoms with Gasteiger partial charge in [-0.1, -0.05) is 0 Å². The molecular weight excluding hydrogens is 232 g/mol. The highest BCUT2D eigenvalue weighted by molar-refractivity contribution is 5.93. The lowest BCUT2D eigenvalue weighted by molar-refractivity contribution is -0.386. The van der Waals surface area contributed by atoms with Gasteiger partial charge in [0.15, 0.2) is 5.56 Å². The van der Waals surface area contributed by atoms with Gasteiger partial charge >= 0.3 is 11.7 Å².